The summed E-state index contributed by atoms with van der Waals surface area (Å²) in [5, 5.41) is 18.8. The summed E-state index contributed by atoms with van der Waals surface area (Å²) >= 11 is 1.49. The molecule has 0 aromatic carbocycles. The Morgan fingerprint density at radius 1 is 1.21 bits per heavy atom. The Balaban J connectivity index is 1.18. The van der Waals surface area contributed by atoms with E-state index in [0.29, 0.717) is 30.3 Å². The van der Waals surface area contributed by atoms with E-state index in [9.17, 15) is 9.18 Å². The zero-order valence-electron chi connectivity index (χ0n) is 18.2. The van der Waals surface area contributed by atoms with Crippen molar-refractivity contribution in [3.05, 3.63) is 53.0 Å². The van der Waals surface area contributed by atoms with E-state index >= 15 is 0 Å². The molecule has 33 heavy (non-hydrogen) atoms. The average Bonchev–Trinajstić information content (AvgIpc) is 3.51. The Hall–Kier alpha value is -2.98. The molecule has 3 aromatic heterocycles. The Bertz CT molecular complexity index is 1110. The lowest BCUT2D eigenvalue weighted by molar-refractivity contribution is -0.122. The summed E-state index contributed by atoms with van der Waals surface area (Å²) in [7, 11) is 0. The summed E-state index contributed by atoms with van der Waals surface area (Å²) in [6.45, 7) is 1.91. The van der Waals surface area contributed by atoms with E-state index in [2.05, 4.69) is 36.1 Å². The summed E-state index contributed by atoms with van der Waals surface area (Å²) in [5.74, 6) is 0.414. The number of aromatic nitrogens is 4. The molecule has 3 aromatic rings. The number of rotatable bonds is 8. The molecule has 0 unspecified atom stereocenters. The molecule has 8 nitrogen and oxygen atoms in total. The van der Waals surface area contributed by atoms with Gasteiger partial charge in [-0.05, 0) is 56.5 Å². The SMILES string of the molecule is O=C(NCc1cnc(-c2ccc(NCC3(c4ncccc4F)CCC3)nn2)s1)[C@H]1CCCN1. The molecule has 1 amide bonds. The second kappa shape index (κ2) is 9.48. The summed E-state index contributed by atoms with van der Waals surface area (Å²) < 4.78 is 14.3. The first-order valence-electron chi connectivity index (χ1n) is 11.3. The minimum absolute atomic E-state index is 0.0347. The van der Waals surface area contributed by atoms with Gasteiger partial charge in [-0.15, -0.1) is 21.5 Å². The molecular formula is C23H26FN7OS. The minimum Gasteiger partial charge on any atom is -0.368 e. The Morgan fingerprint density at radius 2 is 2.12 bits per heavy atom. The lowest BCUT2D eigenvalue weighted by Crippen LogP contribution is -2.42. The number of carbonyl (C=O) groups is 1. The summed E-state index contributed by atoms with van der Waals surface area (Å²) in [5.41, 5.74) is 0.906. The van der Waals surface area contributed by atoms with E-state index in [1.165, 1.54) is 17.4 Å². The maximum Gasteiger partial charge on any atom is 0.237 e. The predicted octanol–water partition coefficient (Wildman–Crippen LogP) is 3.04. The van der Waals surface area contributed by atoms with Crippen LogP contribution < -0.4 is 16.0 Å². The van der Waals surface area contributed by atoms with Gasteiger partial charge < -0.3 is 16.0 Å². The van der Waals surface area contributed by atoms with Gasteiger partial charge in [-0.3, -0.25) is 9.78 Å². The number of amides is 1. The normalized spacial score (nSPS) is 19.1. The van der Waals surface area contributed by atoms with Crippen LogP contribution in [0, 0.1) is 5.82 Å². The number of halogens is 1. The fraction of sp³-hybridized carbons (Fsp3) is 0.435. The zero-order chi connectivity index (χ0) is 22.7. The third kappa shape index (κ3) is 4.72. The minimum atomic E-state index is -0.297. The first-order valence-corrected chi connectivity index (χ1v) is 12.1. The molecule has 4 heterocycles. The number of carbonyl (C=O) groups excluding carboxylic acids is 1. The number of anilines is 1. The van der Waals surface area contributed by atoms with Crippen LogP contribution in [0.5, 0.6) is 0 Å². The van der Waals surface area contributed by atoms with Gasteiger partial charge in [-0.1, -0.05) is 6.42 Å². The van der Waals surface area contributed by atoms with E-state index in [-0.39, 0.29) is 23.2 Å². The first-order chi connectivity index (χ1) is 16.1. The first kappa shape index (κ1) is 21.8. The van der Waals surface area contributed by atoms with Crippen molar-refractivity contribution < 1.29 is 9.18 Å². The van der Waals surface area contributed by atoms with Crippen LogP contribution in [0.25, 0.3) is 10.7 Å². The highest BCUT2D eigenvalue weighted by Crippen LogP contribution is 2.43. The standard InChI is InChI=1S/C23H26FN7OS/c24-16-4-1-11-26-20(16)23(8-3-9-23)14-29-19-7-6-18(30-31-19)22-28-13-15(33-22)12-27-21(32)17-5-2-10-25-17/h1,4,6-7,11,13,17,25H,2-3,5,8-10,12,14H2,(H,27,32)(H,29,31)/t17-/m1/s1. The molecule has 0 bridgehead atoms. The van der Waals surface area contributed by atoms with Crippen molar-refractivity contribution in [2.24, 2.45) is 0 Å². The molecule has 172 valence electrons. The van der Waals surface area contributed by atoms with Crippen molar-refractivity contribution in [2.45, 2.75) is 50.1 Å². The lowest BCUT2D eigenvalue weighted by atomic mass is 9.66. The van der Waals surface area contributed by atoms with Gasteiger partial charge in [0.05, 0.1) is 18.3 Å². The fourth-order valence-electron chi connectivity index (χ4n) is 4.39. The van der Waals surface area contributed by atoms with Crippen molar-refractivity contribution in [3.63, 3.8) is 0 Å². The van der Waals surface area contributed by atoms with Crippen LogP contribution in [0.3, 0.4) is 0 Å². The summed E-state index contributed by atoms with van der Waals surface area (Å²) in [4.78, 5) is 21.8. The van der Waals surface area contributed by atoms with Crippen molar-refractivity contribution in [1.29, 1.82) is 0 Å². The van der Waals surface area contributed by atoms with E-state index in [0.717, 1.165) is 48.5 Å². The Kier molecular flexibility index (Phi) is 6.28. The molecule has 1 saturated heterocycles. The van der Waals surface area contributed by atoms with Gasteiger partial charge in [0.1, 0.15) is 22.3 Å². The predicted molar refractivity (Wildman–Crippen MR) is 124 cm³/mol. The van der Waals surface area contributed by atoms with Gasteiger partial charge in [-0.25, -0.2) is 9.37 Å². The molecule has 3 N–H and O–H groups in total. The van der Waals surface area contributed by atoms with Crippen LogP contribution in [-0.4, -0.2) is 45.2 Å². The molecular weight excluding hydrogens is 441 g/mol. The van der Waals surface area contributed by atoms with E-state index < -0.39 is 0 Å². The monoisotopic (exact) mass is 467 g/mol. The smallest absolute Gasteiger partial charge is 0.237 e. The lowest BCUT2D eigenvalue weighted by Gasteiger charge is -2.41. The summed E-state index contributed by atoms with van der Waals surface area (Å²) in [6.07, 6.45) is 8.18. The molecule has 1 aliphatic heterocycles. The molecule has 2 fully saturated rings. The highest BCUT2D eigenvalue weighted by atomic mass is 32.1. The van der Waals surface area contributed by atoms with Gasteiger partial charge in [0.15, 0.2) is 0 Å². The second-order valence-electron chi connectivity index (χ2n) is 8.62. The van der Waals surface area contributed by atoms with Crippen LogP contribution in [0.4, 0.5) is 10.2 Å². The number of hydrogen-bond acceptors (Lipinski definition) is 8. The van der Waals surface area contributed by atoms with Crippen molar-refractivity contribution in [3.8, 4) is 10.7 Å². The van der Waals surface area contributed by atoms with Gasteiger partial charge in [0, 0.05) is 29.2 Å². The van der Waals surface area contributed by atoms with Crippen LogP contribution in [0.15, 0.2) is 36.7 Å². The van der Waals surface area contributed by atoms with Gasteiger partial charge >= 0.3 is 0 Å². The van der Waals surface area contributed by atoms with Gasteiger partial charge in [0.25, 0.3) is 0 Å². The maximum absolute atomic E-state index is 14.3. The molecule has 0 spiro atoms. The van der Waals surface area contributed by atoms with Crippen molar-refractivity contribution in [2.75, 3.05) is 18.4 Å². The maximum atomic E-state index is 14.3. The molecule has 1 saturated carbocycles. The topological polar surface area (TPSA) is 105 Å². The number of pyridine rings is 1. The van der Waals surface area contributed by atoms with Gasteiger partial charge in [-0.2, -0.15) is 0 Å². The Labute approximate surface area is 195 Å². The van der Waals surface area contributed by atoms with Crippen molar-refractivity contribution >= 4 is 23.1 Å². The highest BCUT2D eigenvalue weighted by molar-refractivity contribution is 7.15. The quantitative estimate of drug-likeness (QED) is 0.468. The molecule has 2 aliphatic rings. The highest BCUT2D eigenvalue weighted by Gasteiger charge is 2.41. The van der Waals surface area contributed by atoms with Crippen LogP contribution >= 0.6 is 11.3 Å². The number of thiazole rings is 1. The van der Waals surface area contributed by atoms with E-state index in [1.54, 1.807) is 18.5 Å². The number of nitrogens with one attached hydrogen (secondary N) is 3. The molecule has 5 rings (SSSR count). The Morgan fingerprint density at radius 3 is 2.82 bits per heavy atom. The van der Waals surface area contributed by atoms with Crippen LogP contribution in [-0.2, 0) is 16.8 Å². The van der Waals surface area contributed by atoms with Crippen LogP contribution in [0.1, 0.15) is 42.7 Å². The van der Waals surface area contributed by atoms with Crippen molar-refractivity contribution in [1.82, 2.24) is 30.8 Å². The zero-order valence-corrected chi connectivity index (χ0v) is 19.0. The summed E-state index contributed by atoms with van der Waals surface area (Å²) in [6, 6.07) is 6.73. The third-order valence-electron chi connectivity index (χ3n) is 6.43. The third-order valence-corrected chi connectivity index (χ3v) is 7.45. The second-order valence-corrected chi connectivity index (χ2v) is 9.74. The largest absolute Gasteiger partial charge is 0.368 e. The molecule has 1 aliphatic carbocycles. The molecule has 1 atom stereocenters. The van der Waals surface area contributed by atoms with E-state index in [4.69, 9.17) is 0 Å². The number of nitrogens with zero attached hydrogens (tertiary/aromatic N) is 4. The molecule has 10 heteroatoms. The number of hydrogen-bond donors (Lipinski definition) is 3. The van der Waals surface area contributed by atoms with E-state index in [1.807, 2.05) is 12.1 Å². The van der Waals surface area contributed by atoms with Gasteiger partial charge in [0.2, 0.25) is 5.91 Å². The molecule has 0 radical (unpaired) electrons. The average molecular weight is 468 g/mol. The van der Waals surface area contributed by atoms with Crippen LogP contribution in [0.2, 0.25) is 0 Å². The fourth-order valence-corrected chi connectivity index (χ4v) is 5.21.